The van der Waals surface area contributed by atoms with Gasteiger partial charge in [-0.15, -0.1) is 0 Å². The maximum absolute atomic E-state index is 11.6. The molecule has 3 N–H and O–H groups in total. The normalized spacial score (nSPS) is 14.4. The van der Waals surface area contributed by atoms with E-state index in [0.717, 1.165) is 12.8 Å². The summed E-state index contributed by atoms with van der Waals surface area (Å²) >= 11 is 0. The van der Waals surface area contributed by atoms with Crippen LogP contribution in [0.15, 0.2) is 18.5 Å². The number of nitrogens with two attached hydrogens (primary N) is 1. The lowest BCUT2D eigenvalue weighted by molar-refractivity contribution is -0.123. The Balaban J connectivity index is 2.33. The molecule has 90 valence electrons. The van der Waals surface area contributed by atoms with E-state index in [2.05, 4.69) is 10.4 Å². The fourth-order valence-corrected chi connectivity index (χ4v) is 1.53. The maximum atomic E-state index is 11.6. The van der Waals surface area contributed by atoms with Crippen molar-refractivity contribution >= 4 is 5.91 Å². The van der Waals surface area contributed by atoms with E-state index >= 15 is 0 Å². The highest BCUT2D eigenvalue weighted by molar-refractivity contribution is 5.81. The van der Waals surface area contributed by atoms with Crippen LogP contribution < -0.4 is 11.1 Å². The number of nitrogens with one attached hydrogen (secondary N) is 1. The molecule has 0 saturated heterocycles. The molecular weight excluding hydrogens is 204 g/mol. The molecule has 0 spiro atoms. The van der Waals surface area contributed by atoms with E-state index in [0.29, 0.717) is 6.54 Å². The van der Waals surface area contributed by atoms with Crippen LogP contribution in [0.25, 0.3) is 0 Å². The van der Waals surface area contributed by atoms with Gasteiger partial charge in [0.2, 0.25) is 5.91 Å². The number of hydrogen-bond acceptors (Lipinski definition) is 3. The summed E-state index contributed by atoms with van der Waals surface area (Å²) < 4.78 is 1.79. The molecule has 0 aromatic carbocycles. The third kappa shape index (κ3) is 4.02. The smallest absolute Gasteiger partial charge is 0.237 e. The lowest BCUT2D eigenvalue weighted by Gasteiger charge is -2.17. The van der Waals surface area contributed by atoms with Gasteiger partial charge >= 0.3 is 0 Å². The molecule has 0 fully saturated rings. The van der Waals surface area contributed by atoms with Gasteiger partial charge in [0, 0.05) is 18.4 Å². The Labute approximate surface area is 96.0 Å². The summed E-state index contributed by atoms with van der Waals surface area (Å²) in [6, 6.07) is 1.50. The number of amides is 1. The van der Waals surface area contributed by atoms with E-state index < -0.39 is 6.04 Å². The molecule has 16 heavy (non-hydrogen) atoms. The molecule has 0 aliphatic heterocycles. The van der Waals surface area contributed by atoms with Crippen molar-refractivity contribution < 1.29 is 4.79 Å². The number of carbonyl (C=O) groups excluding carboxylic acids is 1. The highest BCUT2D eigenvalue weighted by Gasteiger charge is 2.14. The molecule has 1 aromatic heterocycles. The molecular formula is C11H20N4O. The summed E-state index contributed by atoms with van der Waals surface area (Å²) in [6.45, 7) is 4.62. The zero-order chi connectivity index (χ0) is 12.0. The molecule has 1 unspecified atom stereocenters. The van der Waals surface area contributed by atoms with Crippen LogP contribution in [0.4, 0.5) is 0 Å². The molecule has 0 bridgehead atoms. The Morgan fingerprint density at radius 3 is 2.94 bits per heavy atom. The van der Waals surface area contributed by atoms with Crippen LogP contribution in [0.3, 0.4) is 0 Å². The molecule has 5 nitrogen and oxygen atoms in total. The van der Waals surface area contributed by atoms with Crippen molar-refractivity contribution in [2.45, 2.75) is 45.3 Å². The summed E-state index contributed by atoms with van der Waals surface area (Å²) in [5.74, 6) is -0.0819. The number of rotatable bonds is 6. The summed E-state index contributed by atoms with van der Waals surface area (Å²) in [6.07, 6.45) is 5.23. The first-order valence-corrected chi connectivity index (χ1v) is 5.67. The summed E-state index contributed by atoms with van der Waals surface area (Å²) in [4.78, 5) is 11.6. The van der Waals surface area contributed by atoms with Crippen LogP contribution in [-0.2, 0) is 11.3 Å². The summed E-state index contributed by atoms with van der Waals surface area (Å²) in [5.41, 5.74) is 5.71. The fourth-order valence-electron chi connectivity index (χ4n) is 1.53. The Kier molecular flexibility index (Phi) is 4.98. The van der Waals surface area contributed by atoms with Crippen LogP contribution in [0.2, 0.25) is 0 Å². The van der Waals surface area contributed by atoms with Crippen molar-refractivity contribution in [2.75, 3.05) is 0 Å². The van der Waals surface area contributed by atoms with Crippen molar-refractivity contribution in [1.29, 1.82) is 0 Å². The Morgan fingerprint density at radius 2 is 2.38 bits per heavy atom. The van der Waals surface area contributed by atoms with Gasteiger partial charge in [-0.2, -0.15) is 5.10 Å². The first kappa shape index (κ1) is 12.7. The van der Waals surface area contributed by atoms with E-state index in [-0.39, 0.29) is 11.9 Å². The van der Waals surface area contributed by atoms with Crippen molar-refractivity contribution in [3.63, 3.8) is 0 Å². The lowest BCUT2D eigenvalue weighted by atomic mass is 10.1. The molecule has 0 saturated carbocycles. The van der Waals surface area contributed by atoms with Gasteiger partial charge in [0.1, 0.15) is 0 Å². The second-order valence-corrected chi connectivity index (χ2v) is 4.03. The molecule has 1 amide bonds. The van der Waals surface area contributed by atoms with Crippen molar-refractivity contribution in [3.05, 3.63) is 18.5 Å². The van der Waals surface area contributed by atoms with Gasteiger partial charge in [-0.3, -0.25) is 9.48 Å². The van der Waals surface area contributed by atoms with Crippen LogP contribution in [0, 0.1) is 0 Å². The third-order valence-corrected chi connectivity index (χ3v) is 2.35. The highest BCUT2D eigenvalue weighted by Crippen LogP contribution is 1.95. The molecule has 0 radical (unpaired) electrons. The van der Waals surface area contributed by atoms with Crippen molar-refractivity contribution in [1.82, 2.24) is 15.1 Å². The molecule has 1 heterocycles. The van der Waals surface area contributed by atoms with Crippen molar-refractivity contribution in [3.8, 4) is 0 Å². The number of aromatic nitrogens is 2. The zero-order valence-electron chi connectivity index (χ0n) is 9.89. The number of hydrogen-bond donors (Lipinski definition) is 2. The standard InChI is InChI=1S/C11H20N4O/c1-3-5-10(12)11(16)14-9(2)8-15-7-4-6-13-15/h4,6-7,9-10H,3,5,8,12H2,1-2H3,(H,14,16)/t9?,10-/m0/s1. The van der Waals surface area contributed by atoms with Gasteiger partial charge in [-0.05, 0) is 19.4 Å². The lowest BCUT2D eigenvalue weighted by Crippen LogP contribution is -2.45. The predicted molar refractivity (Wildman–Crippen MR) is 62.7 cm³/mol. The Hall–Kier alpha value is -1.36. The van der Waals surface area contributed by atoms with E-state index in [9.17, 15) is 4.79 Å². The topological polar surface area (TPSA) is 72.9 Å². The van der Waals surface area contributed by atoms with E-state index in [1.807, 2.05) is 26.1 Å². The minimum atomic E-state index is -0.398. The number of nitrogens with zero attached hydrogens (tertiary/aromatic N) is 2. The van der Waals surface area contributed by atoms with Gasteiger partial charge in [0.25, 0.3) is 0 Å². The third-order valence-electron chi connectivity index (χ3n) is 2.35. The van der Waals surface area contributed by atoms with Crippen LogP contribution in [0.5, 0.6) is 0 Å². The minimum Gasteiger partial charge on any atom is -0.350 e. The second-order valence-electron chi connectivity index (χ2n) is 4.03. The van der Waals surface area contributed by atoms with Crippen LogP contribution in [-0.4, -0.2) is 27.8 Å². The highest BCUT2D eigenvalue weighted by atomic mass is 16.2. The molecule has 0 aliphatic carbocycles. The van der Waals surface area contributed by atoms with Crippen LogP contribution >= 0.6 is 0 Å². The SMILES string of the molecule is CCC[C@H](N)C(=O)NC(C)Cn1cccn1. The first-order valence-electron chi connectivity index (χ1n) is 5.67. The molecule has 1 rings (SSSR count). The fraction of sp³-hybridized carbons (Fsp3) is 0.636. The summed E-state index contributed by atoms with van der Waals surface area (Å²) in [7, 11) is 0. The van der Waals surface area contributed by atoms with Gasteiger partial charge in [0.05, 0.1) is 12.6 Å². The average Bonchev–Trinajstić information content (AvgIpc) is 2.70. The zero-order valence-corrected chi connectivity index (χ0v) is 9.89. The second kappa shape index (κ2) is 6.27. The van der Waals surface area contributed by atoms with Gasteiger partial charge in [-0.1, -0.05) is 13.3 Å². The van der Waals surface area contributed by atoms with Gasteiger partial charge in [0.15, 0.2) is 0 Å². The van der Waals surface area contributed by atoms with E-state index in [4.69, 9.17) is 5.73 Å². The molecule has 0 aliphatic rings. The van der Waals surface area contributed by atoms with Crippen molar-refractivity contribution in [2.24, 2.45) is 5.73 Å². The van der Waals surface area contributed by atoms with Gasteiger partial charge in [-0.25, -0.2) is 0 Å². The summed E-state index contributed by atoms with van der Waals surface area (Å²) in [5, 5.41) is 6.96. The largest absolute Gasteiger partial charge is 0.350 e. The van der Waals surface area contributed by atoms with E-state index in [1.165, 1.54) is 0 Å². The average molecular weight is 224 g/mol. The molecule has 1 aromatic rings. The maximum Gasteiger partial charge on any atom is 0.237 e. The van der Waals surface area contributed by atoms with Crippen LogP contribution in [0.1, 0.15) is 26.7 Å². The molecule has 5 heteroatoms. The predicted octanol–water partition coefficient (Wildman–Crippen LogP) is 0.515. The number of carbonyl (C=O) groups is 1. The minimum absolute atomic E-state index is 0.0373. The molecule has 2 atom stereocenters. The monoisotopic (exact) mass is 224 g/mol. The first-order chi connectivity index (χ1) is 7.63. The van der Waals surface area contributed by atoms with Gasteiger partial charge < -0.3 is 11.1 Å². The Morgan fingerprint density at radius 1 is 1.62 bits per heavy atom. The quantitative estimate of drug-likeness (QED) is 0.739. The Bertz CT molecular complexity index is 310. The van der Waals surface area contributed by atoms with E-state index in [1.54, 1.807) is 10.9 Å².